The van der Waals surface area contributed by atoms with Crippen molar-refractivity contribution in [2.45, 2.75) is 32.2 Å². The van der Waals surface area contributed by atoms with Crippen molar-refractivity contribution >= 4 is 23.2 Å². The Hall–Kier alpha value is -1.40. The highest BCUT2D eigenvalue weighted by molar-refractivity contribution is 7.10. The molecule has 2 rings (SSSR count). The minimum Gasteiger partial charge on any atom is -0.481 e. The summed E-state index contributed by atoms with van der Waals surface area (Å²) in [7, 11) is 0. The van der Waals surface area contributed by atoms with Gasteiger partial charge in [0.2, 0.25) is 0 Å². The standard InChI is InChI=1S/C13H17NO4S/c1-8-9(2)19-6-10(8)12(17)14-13(5-11(15)16)3-4-18-7-13/h6H,3-5,7H2,1-2H3,(H,14,17)(H,15,16). The van der Waals surface area contributed by atoms with Crippen molar-refractivity contribution in [1.82, 2.24) is 5.32 Å². The summed E-state index contributed by atoms with van der Waals surface area (Å²) in [4.78, 5) is 24.3. The minimum atomic E-state index is -0.927. The molecule has 0 bridgehead atoms. The Kier molecular flexibility index (Phi) is 3.91. The Morgan fingerprint density at radius 1 is 1.53 bits per heavy atom. The van der Waals surface area contributed by atoms with E-state index in [1.807, 2.05) is 19.2 Å². The normalized spacial score (nSPS) is 22.4. The van der Waals surface area contributed by atoms with Crippen LogP contribution in [0.25, 0.3) is 0 Å². The van der Waals surface area contributed by atoms with Crippen LogP contribution in [0.4, 0.5) is 0 Å². The Morgan fingerprint density at radius 3 is 2.74 bits per heavy atom. The molecule has 104 valence electrons. The molecule has 1 aromatic rings. The molecular weight excluding hydrogens is 266 g/mol. The SMILES string of the molecule is Cc1scc(C(=O)NC2(CC(=O)O)CCOC2)c1C. The van der Waals surface area contributed by atoms with Crippen molar-refractivity contribution in [2.75, 3.05) is 13.2 Å². The second-order valence-corrected chi connectivity index (χ2v) is 6.02. The molecule has 0 aliphatic carbocycles. The second-order valence-electron chi connectivity index (χ2n) is 4.94. The number of ether oxygens (including phenoxy) is 1. The monoisotopic (exact) mass is 283 g/mol. The molecule has 5 nitrogen and oxygen atoms in total. The van der Waals surface area contributed by atoms with Crippen molar-refractivity contribution in [3.8, 4) is 0 Å². The molecular formula is C13H17NO4S. The van der Waals surface area contributed by atoms with Crippen LogP contribution in [0, 0.1) is 13.8 Å². The number of aliphatic carboxylic acids is 1. The summed E-state index contributed by atoms with van der Waals surface area (Å²) in [6, 6.07) is 0. The number of hydrogen-bond acceptors (Lipinski definition) is 4. The molecule has 1 amide bonds. The van der Waals surface area contributed by atoms with Gasteiger partial charge in [0.15, 0.2) is 0 Å². The van der Waals surface area contributed by atoms with Crippen LogP contribution in [0.15, 0.2) is 5.38 Å². The van der Waals surface area contributed by atoms with Gasteiger partial charge in [-0.05, 0) is 25.8 Å². The highest BCUT2D eigenvalue weighted by Gasteiger charge is 2.39. The fourth-order valence-electron chi connectivity index (χ4n) is 2.22. The van der Waals surface area contributed by atoms with E-state index in [-0.39, 0.29) is 18.9 Å². The van der Waals surface area contributed by atoms with E-state index in [2.05, 4.69) is 5.32 Å². The number of hydrogen-bond donors (Lipinski definition) is 2. The smallest absolute Gasteiger partial charge is 0.305 e. The number of carbonyl (C=O) groups is 2. The third-order valence-electron chi connectivity index (χ3n) is 3.50. The van der Waals surface area contributed by atoms with E-state index in [1.54, 1.807) is 0 Å². The van der Waals surface area contributed by atoms with Crippen LogP contribution >= 0.6 is 11.3 Å². The Labute approximate surface area is 115 Å². The van der Waals surface area contributed by atoms with Crippen LogP contribution in [0.5, 0.6) is 0 Å². The number of aryl methyl sites for hydroxylation is 1. The summed E-state index contributed by atoms with van der Waals surface area (Å²) in [6.07, 6.45) is 0.425. The van der Waals surface area contributed by atoms with Crippen molar-refractivity contribution in [3.05, 3.63) is 21.4 Å². The van der Waals surface area contributed by atoms with Gasteiger partial charge in [0.05, 0.1) is 24.1 Å². The molecule has 0 radical (unpaired) electrons. The number of carboxylic acid groups (broad SMARTS) is 1. The number of carboxylic acids is 1. The van der Waals surface area contributed by atoms with Gasteiger partial charge in [0.1, 0.15) is 0 Å². The first-order valence-corrected chi connectivity index (χ1v) is 6.98. The zero-order valence-electron chi connectivity index (χ0n) is 11.0. The summed E-state index contributed by atoms with van der Waals surface area (Å²) in [5.74, 6) is -1.14. The minimum absolute atomic E-state index is 0.110. The number of carbonyl (C=O) groups excluding carboxylic acids is 1. The van der Waals surface area contributed by atoms with Crippen molar-refractivity contribution in [3.63, 3.8) is 0 Å². The number of nitrogens with one attached hydrogen (secondary N) is 1. The topological polar surface area (TPSA) is 75.6 Å². The molecule has 2 heterocycles. The summed E-state index contributed by atoms with van der Waals surface area (Å²) < 4.78 is 5.26. The average Bonchev–Trinajstić information content (AvgIpc) is 2.87. The lowest BCUT2D eigenvalue weighted by atomic mass is 9.93. The van der Waals surface area contributed by atoms with Crippen molar-refractivity contribution in [2.24, 2.45) is 0 Å². The fraction of sp³-hybridized carbons (Fsp3) is 0.538. The van der Waals surface area contributed by atoms with E-state index in [0.717, 1.165) is 10.4 Å². The molecule has 0 saturated carbocycles. The summed E-state index contributed by atoms with van der Waals surface area (Å²) in [5.41, 5.74) is 0.802. The van der Waals surface area contributed by atoms with Crippen LogP contribution < -0.4 is 5.32 Å². The summed E-state index contributed by atoms with van der Waals surface area (Å²) >= 11 is 1.52. The van der Waals surface area contributed by atoms with Gasteiger partial charge in [-0.25, -0.2) is 0 Å². The van der Waals surface area contributed by atoms with E-state index in [1.165, 1.54) is 11.3 Å². The molecule has 1 aliphatic heterocycles. The zero-order valence-corrected chi connectivity index (χ0v) is 11.8. The second kappa shape index (κ2) is 5.30. The maximum atomic E-state index is 12.3. The molecule has 1 saturated heterocycles. The molecule has 6 heteroatoms. The van der Waals surface area contributed by atoms with E-state index < -0.39 is 11.5 Å². The van der Waals surface area contributed by atoms with Crippen LogP contribution in [0.3, 0.4) is 0 Å². The zero-order chi connectivity index (χ0) is 14.0. The first kappa shape index (κ1) is 14.0. The third-order valence-corrected chi connectivity index (χ3v) is 4.52. The Bertz CT molecular complexity index is 503. The number of amides is 1. The molecule has 19 heavy (non-hydrogen) atoms. The van der Waals surface area contributed by atoms with E-state index >= 15 is 0 Å². The van der Waals surface area contributed by atoms with E-state index in [4.69, 9.17) is 9.84 Å². The maximum Gasteiger partial charge on any atom is 0.305 e. The van der Waals surface area contributed by atoms with Crippen LogP contribution in [-0.4, -0.2) is 35.7 Å². The molecule has 1 aromatic heterocycles. The summed E-state index contributed by atoms with van der Waals surface area (Å²) in [5, 5.41) is 13.6. The van der Waals surface area contributed by atoms with Crippen molar-refractivity contribution in [1.29, 1.82) is 0 Å². The van der Waals surface area contributed by atoms with Gasteiger partial charge in [-0.15, -0.1) is 11.3 Å². The van der Waals surface area contributed by atoms with Gasteiger partial charge >= 0.3 is 5.97 Å². The van der Waals surface area contributed by atoms with E-state index in [9.17, 15) is 9.59 Å². The quantitative estimate of drug-likeness (QED) is 0.882. The first-order chi connectivity index (χ1) is 8.93. The molecule has 0 aromatic carbocycles. The predicted molar refractivity (Wildman–Crippen MR) is 71.7 cm³/mol. The number of rotatable bonds is 4. The van der Waals surface area contributed by atoms with Gasteiger partial charge < -0.3 is 15.2 Å². The average molecular weight is 283 g/mol. The fourth-order valence-corrected chi connectivity index (χ4v) is 3.09. The lowest BCUT2D eigenvalue weighted by Crippen LogP contribution is -2.50. The first-order valence-electron chi connectivity index (χ1n) is 6.10. The van der Waals surface area contributed by atoms with Crippen LogP contribution in [0.2, 0.25) is 0 Å². The van der Waals surface area contributed by atoms with Gasteiger partial charge in [-0.2, -0.15) is 0 Å². The van der Waals surface area contributed by atoms with Crippen molar-refractivity contribution < 1.29 is 19.4 Å². The third kappa shape index (κ3) is 2.96. The van der Waals surface area contributed by atoms with Gasteiger partial charge in [0.25, 0.3) is 5.91 Å². The lowest BCUT2D eigenvalue weighted by Gasteiger charge is -2.27. The van der Waals surface area contributed by atoms with Crippen LogP contribution in [0.1, 0.15) is 33.6 Å². The Balaban J connectivity index is 2.16. The predicted octanol–water partition coefficient (Wildman–Crippen LogP) is 1.73. The molecule has 0 spiro atoms. The molecule has 2 N–H and O–H groups in total. The number of thiophene rings is 1. The Morgan fingerprint density at radius 2 is 2.26 bits per heavy atom. The van der Waals surface area contributed by atoms with Crippen LogP contribution in [-0.2, 0) is 9.53 Å². The molecule has 1 unspecified atom stereocenters. The van der Waals surface area contributed by atoms with Gasteiger partial charge in [-0.1, -0.05) is 0 Å². The van der Waals surface area contributed by atoms with Gasteiger partial charge in [0, 0.05) is 16.9 Å². The highest BCUT2D eigenvalue weighted by Crippen LogP contribution is 2.25. The lowest BCUT2D eigenvalue weighted by molar-refractivity contribution is -0.138. The summed E-state index contributed by atoms with van der Waals surface area (Å²) in [6.45, 7) is 4.60. The molecule has 1 fully saturated rings. The molecule has 1 atom stereocenters. The maximum absolute atomic E-state index is 12.3. The highest BCUT2D eigenvalue weighted by atomic mass is 32.1. The van der Waals surface area contributed by atoms with E-state index in [0.29, 0.717) is 18.6 Å². The molecule has 1 aliphatic rings. The largest absolute Gasteiger partial charge is 0.481 e. The van der Waals surface area contributed by atoms with Gasteiger partial charge in [-0.3, -0.25) is 9.59 Å².